The van der Waals surface area contributed by atoms with Crippen LogP contribution in [-0.2, 0) is 0 Å². The second kappa shape index (κ2) is 10.0. The van der Waals surface area contributed by atoms with Crippen LogP contribution in [-0.4, -0.2) is 37.3 Å². The molecule has 6 heteroatoms. The van der Waals surface area contributed by atoms with Gasteiger partial charge in [-0.25, -0.2) is 4.98 Å². The molecule has 0 unspecified atom stereocenters. The van der Waals surface area contributed by atoms with Crippen LogP contribution in [0.15, 0.2) is 16.9 Å². The Morgan fingerprint density at radius 2 is 1.54 bits per heavy atom. The van der Waals surface area contributed by atoms with Crippen LogP contribution in [0.25, 0.3) is 10.9 Å². The number of unbranched alkanes of at least 4 members (excludes halogenated alkanes) is 4. The van der Waals surface area contributed by atoms with E-state index in [1.54, 1.807) is 26.4 Å². The normalized spacial score (nSPS) is 10.9. The largest absolute Gasteiger partial charge is 0.493 e. The van der Waals surface area contributed by atoms with Gasteiger partial charge in [0.05, 0.1) is 25.1 Å². The molecule has 6 nitrogen and oxygen atoms in total. The van der Waals surface area contributed by atoms with Gasteiger partial charge in [0, 0.05) is 19.2 Å². The lowest BCUT2D eigenvalue weighted by Gasteiger charge is -2.23. The molecule has 0 aliphatic heterocycles. The van der Waals surface area contributed by atoms with Crippen molar-refractivity contribution in [1.29, 1.82) is 0 Å². The molecule has 0 saturated heterocycles. The first-order valence-electron chi connectivity index (χ1n) is 9.55. The summed E-state index contributed by atoms with van der Waals surface area (Å²) in [4.78, 5) is 22.5. The maximum absolute atomic E-state index is 12.6. The summed E-state index contributed by atoms with van der Waals surface area (Å²) < 4.78 is 10.6. The number of nitrogens with zero attached hydrogens (tertiary/aromatic N) is 2. The van der Waals surface area contributed by atoms with Gasteiger partial charge < -0.3 is 14.4 Å². The summed E-state index contributed by atoms with van der Waals surface area (Å²) in [5, 5.41) is 0.508. The number of ether oxygens (including phenoxy) is 2. The van der Waals surface area contributed by atoms with Gasteiger partial charge in [0.25, 0.3) is 5.56 Å². The molecule has 26 heavy (non-hydrogen) atoms. The minimum atomic E-state index is -0.151. The van der Waals surface area contributed by atoms with Crippen molar-refractivity contribution >= 4 is 16.9 Å². The average Bonchev–Trinajstić information content (AvgIpc) is 2.65. The highest BCUT2D eigenvalue weighted by molar-refractivity contribution is 5.82. The van der Waals surface area contributed by atoms with Crippen LogP contribution < -0.4 is 19.9 Å². The molecule has 0 fully saturated rings. The Labute approximate surface area is 155 Å². The number of fused-ring (bicyclic) bond motifs is 1. The molecule has 2 aromatic rings. The molecular weight excluding hydrogens is 330 g/mol. The minimum absolute atomic E-state index is 0.151. The Balaban J connectivity index is 2.38. The number of aromatic amines is 1. The van der Waals surface area contributed by atoms with E-state index in [1.807, 2.05) is 0 Å². The predicted octanol–water partition coefficient (Wildman–Crippen LogP) is 4.13. The van der Waals surface area contributed by atoms with Crippen LogP contribution in [0.2, 0.25) is 0 Å². The maximum Gasteiger partial charge on any atom is 0.260 e. The smallest absolute Gasteiger partial charge is 0.260 e. The summed E-state index contributed by atoms with van der Waals surface area (Å²) in [5.41, 5.74) is 0.472. The molecule has 1 aromatic carbocycles. The molecule has 0 amide bonds. The van der Waals surface area contributed by atoms with E-state index in [1.165, 1.54) is 25.7 Å². The third-order valence-corrected chi connectivity index (χ3v) is 4.56. The number of rotatable bonds is 11. The minimum Gasteiger partial charge on any atom is -0.493 e. The van der Waals surface area contributed by atoms with Crippen molar-refractivity contribution in [2.75, 3.05) is 32.2 Å². The number of aromatic nitrogens is 2. The lowest BCUT2D eigenvalue weighted by molar-refractivity contribution is 0.355. The summed E-state index contributed by atoms with van der Waals surface area (Å²) in [6.45, 7) is 6.19. The summed E-state index contributed by atoms with van der Waals surface area (Å²) >= 11 is 0. The van der Waals surface area contributed by atoms with Gasteiger partial charge in [-0.3, -0.25) is 9.78 Å². The fourth-order valence-electron chi connectivity index (χ4n) is 3.03. The Hall–Kier alpha value is -2.24. The first-order chi connectivity index (χ1) is 12.6. The van der Waals surface area contributed by atoms with Crippen LogP contribution >= 0.6 is 0 Å². The van der Waals surface area contributed by atoms with Gasteiger partial charge in [0.15, 0.2) is 11.5 Å². The molecular formula is C20H31N3O3. The monoisotopic (exact) mass is 361 g/mol. The molecule has 0 atom stereocenters. The SMILES string of the molecule is CCCCCN(CCCCC)c1nc2cc(OC)c(OC)cc2c(=O)[nH]1. The molecule has 0 bridgehead atoms. The van der Waals surface area contributed by atoms with Crippen LogP contribution in [0.1, 0.15) is 52.4 Å². The highest BCUT2D eigenvalue weighted by atomic mass is 16.5. The lowest BCUT2D eigenvalue weighted by Crippen LogP contribution is -2.29. The van der Waals surface area contributed by atoms with E-state index in [2.05, 4.69) is 23.7 Å². The van der Waals surface area contributed by atoms with Crippen molar-refractivity contribution in [1.82, 2.24) is 9.97 Å². The molecule has 1 heterocycles. The standard InChI is InChI=1S/C20H31N3O3/c1-5-7-9-11-23(12-10-8-6-2)20-21-16-14-18(26-4)17(25-3)13-15(16)19(24)22-20/h13-14H,5-12H2,1-4H3,(H,21,22,24). The number of anilines is 1. The first-order valence-corrected chi connectivity index (χ1v) is 9.55. The summed E-state index contributed by atoms with van der Waals surface area (Å²) in [7, 11) is 3.14. The van der Waals surface area contributed by atoms with Crippen molar-refractivity contribution in [2.45, 2.75) is 52.4 Å². The highest BCUT2D eigenvalue weighted by Crippen LogP contribution is 2.30. The van der Waals surface area contributed by atoms with E-state index in [0.717, 1.165) is 25.9 Å². The summed E-state index contributed by atoms with van der Waals surface area (Å²) in [5.74, 6) is 1.75. The van der Waals surface area contributed by atoms with Gasteiger partial charge in [-0.15, -0.1) is 0 Å². The third kappa shape index (κ3) is 4.90. The van der Waals surface area contributed by atoms with Crippen molar-refractivity contribution in [3.05, 3.63) is 22.5 Å². The van der Waals surface area contributed by atoms with Gasteiger partial charge in [0.1, 0.15) is 0 Å². The van der Waals surface area contributed by atoms with Crippen molar-refractivity contribution in [3.8, 4) is 11.5 Å². The molecule has 1 aromatic heterocycles. The zero-order valence-corrected chi connectivity index (χ0v) is 16.4. The van der Waals surface area contributed by atoms with Gasteiger partial charge in [-0.1, -0.05) is 39.5 Å². The van der Waals surface area contributed by atoms with Gasteiger partial charge >= 0.3 is 0 Å². The number of H-pyrrole nitrogens is 1. The first kappa shape index (κ1) is 20.1. The van der Waals surface area contributed by atoms with E-state index in [4.69, 9.17) is 14.5 Å². The van der Waals surface area contributed by atoms with E-state index in [9.17, 15) is 4.79 Å². The zero-order valence-electron chi connectivity index (χ0n) is 16.4. The van der Waals surface area contributed by atoms with E-state index < -0.39 is 0 Å². The number of nitrogens with one attached hydrogen (secondary N) is 1. The van der Waals surface area contributed by atoms with E-state index >= 15 is 0 Å². The number of methoxy groups -OCH3 is 2. The average molecular weight is 361 g/mol. The summed E-state index contributed by atoms with van der Waals surface area (Å²) in [6, 6.07) is 3.45. The van der Waals surface area contributed by atoms with E-state index in [0.29, 0.717) is 28.4 Å². The topological polar surface area (TPSA) is 67.5 Å². The van der Waals surface area contributed by atoms with E-state index in [-0.39, 0.29) is 5.56 Å². The van der Waals surface area contributed by atoms with Crippen molar-refractivity contribution in [2.24, 2.45) is 0 Å². The highest BCUT2D eigenvalue weighted by Gasteiger charge is 2.14. The lowest BCUT2D eigenvalue weighted by atomic mass is 10.2. The Kier molecular flexibility index (Phi) is 7.75. The quantitative estimate of drug-likeness (QED) is 0.610. The summed E-state index contributed by atoms with van der Waals surface area (Å²) in [6.07, 6.45) is 6.87. The van der Waals surface area contributed by atoms with Crippen LogP contribution in [0.4, 0.5) is 5.95 Å². The molecule has 0 radical (unpaired) electrons. The molecule has 0 aliphatic rings. The fraction of sp³-hybridized carbons (Fsp3) is 0.600. The number of benzene rings is 1. The van der Waals surface area contributed by atoms with Gasteiger partial charge in [0.2, 0.25) is 5.95 Å². The van der Waals surface area contributed by atoms with Crippen LogP contribution in [0.5, 0.6) is 11.5 Å². The Bertz CT molecular complexity index is 748. The molecule has 1 N–H and O–H groups in total. The van der Waals surface area contributed by atoms with Gasteiger partial charge in [-0.05, 0) is 18.9 Å². The Morgan fingerprint density at radius 3 is 2.08 bits per heavy atom. The Morgan fingerprint density at radius 1 is 0.962 bits per heavy atom. The second-order valence-corrected chi connectivity index (χ2v) is 6.52. The molecule has 0 saturated carbocycles. The molecule has 144 valence electrons. The zero-order chi connectivity index (χ0) is 18.9. The second-order valence-electron chi connectivity index (χ2n) is 6.52. The van der Waals surface area contributed by atoms with Crippen LogP contribution in [0.3, 0.4) is 0 Å². The van der Waals surface area contributed by atoms with Gasteiger partial charge in [-0.2, -0.15) is 0 Å². The van der Waals surface area contributed by atoms with Crippen molar-refractivity contribution < 1.29 is 9.47 Å². The fourth-order valence-corrected chi connectivity index (χ4v) is 3.03. The molecule has 0 aliphatic carbocycles. The predicted molar refractivity (Wildman–Crippen MR) is 107 cm³/mol. The number of hydrogen-bond donors (Lipinski definition) is 1. The van der Waals surface area contributed by atoms with Crippen molar-refractivity contribution in [3.63, 3.8) is 0 Å². The number of hydrogen-bond acceptors (Lipinski definition) is 5. The van der Waals surface area contributed by atoms with Crippen LogP contribution in [0, 0.1) is 0 Å². The molecule has 0 spiro atoms. The molecule has 2 rings (SSSR count). The maximum atomic E-state index is 12.6. The third-order valence-electron chi connectivity index (χ3n) is 4.56.